The third-order valence-electron chi connectivity index (χ3n) is 2.99. The molecule has 0 aromatic heterocycles. The maximum absolute atomic E-state index is 11.4. The molecule has 20 heavy (non-hydrogen) atoms. The molecule has 0 aliphatic carbocycles. The molecule has 0 unspecified atom stereocenters. The van der Waals surface area contributed by atoms with Crippen molar-refractivity contribution in [3.05, 3.63) is 35.9 Å². The number of nitrogens with one attached hydrogen (secondary N) is 1. The Morgan fingerprint density at radius 3 is 2.75 bits per heavy atom. The van der Waals surface area contributed by atoms with Crippen molar-refractivity contribution in [1.82, 2.24) is 5.43 Å². The fourth-order valence-corrected chi connectivity index (χ4v) is 5.72. The quantitative estimate of drug-likeness (QED) is 0.627. The van der Waals surface area contributed by atoms with Crippen molar-refractivity contribution in [2.45, 2.75) is 11.3 Å². The Labute approximate surface area is 132 Å². The van der Waals surface area contributed by atoms with Gasteiger partial charge in [0.05, 0.1) is 23.8 Å². The van der Waals surface area contributed by atoms with Gasteiger partial charge in [0.15, 0.2) is 15.0 Å². The van der Waals surface area contributed by atoms with Crippen molar-refractivity contribution in [3.63, 3.8) is 0 Å². The van der Waals surface area contributed by atoms with Crippen LogP contribution in [-0.2, 0) is 9.84 Å². The highest BCUT2D eigenvalue weighted by Gasteiger charge is 2.42. The minimum absolute atomic E-state index is 0. The molecule has 1 aromatic carbocycles. The van der Waals surface area contributed by atoms with Gasteiger partial charge in [0.25, 0.3) is 0 Å². The van der Waals surface area contributed by atoms with Crippen LogP contribution < -0.4 is 5.43 Å². The molecule has 2 heterocycles. The lowest BCUT2D eigenvalue weighted by Crippen LogP contribution is -2.15. The number of sulfone groups is 1. The molecule has 1 N–H and O–H groups in total. The first-order chi connectivity index (χ1) is 9.12. The highest BCUT2D eigenvalue weighted by molar-refractivity contribution is 8.93. The fraction of sp³-hybridized carbons (Fsp3) is 0.333. The molecule has 1 fully saturated rings. The van der Waals surface area contributed by atoms with Crippen LogP contribution in [-0.4, -0.2) is 42.6 Å². The third kappa shape index (κ3) is 3.62. The summed E-state index contributed by atoms with van der Waals surface area (Å²) < 4.78 is 22.8. The van der Waals surface area contributed by atoms with Gasteiger partial charge in [-0.15, -0.1) is 17.0 Å². The molecule has 0 radical (unpaired) electrons. The number of amidine groups is 1. The van der Waals surface area contributed by atoms with Crippen molar-refractivity contribution >= 4 is 50.0 Å². The Hall–Kier alpha value is -0.860. The molecular formula is C12H14BrN3O2S2. The smallest absolute Gasteiger partial charge is 0.177 e. The summed E-state index contributed by atoms with van der Waals surface area (Å²) in [6.07, 6.45) is 1.72. The van der Waals surface area contributed by atoms with Crippen molar-refractivity contribution in [3.8, 4) is 0 Å². The van der Waals surface area contributed by atoms with Crippen molar-refractivity contribution in [2.24, 2.45) is 10.1 Å². The number of hydrazone groups is 1. The van der Waals surface area contributed by atoms with Crippen LogP contribution in [0.1, 0.15) is 5.56 Å². The SMILES string of the molecule is Br.O=S1(=O)C[C@@H]2N=C(NN=Cc3ccccc3)S[C@@H]2C1. The summed E-state index contributed by atoms with van der Waals surface area (Å²) in [5.74, 6) is 0.387. The first-order valence-corrected chi connectivity index (χ1v) is 8.61. The zero-order valence-corrected chi connectivity index (χ0v) is 13.8. The van der Waals surface area contributed by atoms with E-state index in [1.54, 1.807) is 6.21 Å². The number of halogens is 1. The number of benzene rings is 1. The van der Waals surface area contributed by atoms with E-state index >= 15 is 0 Å². The van der Waals surface area contributed by atoms with Crippen LogP contribution >= 0.6 is 28.7 Å². The molecule has 108 valence electrons. The molecule has 3 rings (SSSR count). The average Bonchev–Trinajstić information content (AvgIpc) is 2.83. The van der Waals surface area contributed by atoms with Crippen LogP contribution in [0.3, 0.4) is 0 Å². The monoisotopic (exact) mass is 375 g/mol. The highest BCUT2D eigenvalue weighted by atomic mass is 79.9. The summed E-state index contributed by atoms with van der Waals surface area (Å²) in [5.41, 5.74) is 3.87. The predicted octanol–water partition coefficient (Wildman–Crippen LogP) is 1.46. The number of fused-ring (bicyclic) bond motifs is 1. The Bertz CT molecular complexity index is 631. The Morgan fingerprint density at radius 2 is 2.05 bits per heavy atom. The van der Waals surface area contributed by atoms with Gasteiger partial charge in [0, 0.05) is 5.25 Å². The average molecular weight is 376 g/mol. The minimum Gasteiger partial charge on any atom is -0.256 e. The van der Waals surface area contributed by atoms with Gasteiger partial charge in [0.2, 0.25) is 0 Å². The van der Waals surface area contributed by atoms with Crippen LogP contribution in [0, 0.1) is 0 Å². The van der Waals surface area contributed by atoms with Crippen molar-refractivity contribution in [2.75, 3.05) is 11.5 Å². The van der Waals surface area contributed by atoms with Crippen LogP contribution in [0.2, 0.25) is 0 Å². The normalized spacial score (nSPS) is 26.9. The lowest BCUT2D eigenvalue weighted by Gasteiger charge is -2.01. The predicted molar refractivity (Wildman–Crippen MR) is 88.7 cm³/mol. The van der Waals surface area contributed by atoms with E-state index in [2.05, 4.69) is 15.5 Å². The first kappa shape index (κ1) is 15.5. The molecule has 2 aliphatic rings. The summed E-state index contributed by atoms with van der Waals surface area (Å²) in [6, 6.07) is 9.64. The van der Waals surface area contributed by atoms with Crippen LogP contribution in [0.5, 0.6) is 0 Å². The number of rotatable bonds is 2. The number of hydrogen-bond acceptors (Lipinski definition) is 6. The second-order valence-electron chi connectivity index (χ2n) is 4.52. The van der Waals surface area contributed by atoms with Crippen molar-refractivity contribution in [1.29, 1.82) is 0 Å². The molecule has 2 atom stereocenters. The summed E-state index contributed by atoms with van der Waals surface area (Å²) in [4.78, 5) is 4.35. The second-order valence-corrected chi connectivity index (χ2v) is 7.90. The number of nitrogens with zero attached hydrogens (tertiary/aromatic N) is 2. The fourth-order valence-electron chi connectivity index (χ4n) is 2.11. The van der Waals surface area contributed by atoms with E-state index < -0.39 is 9.84 Å². The van der Waals surface area contributed by atoms with E-state index in [4.69, 9.17) is 0 Å². The van der Waals surface area contributed by atoms with Gasteiger partial charge < -0.3 is 0 Å². The lowest BCUT2D eigenvalue weighted by molar-refractivity contribution is 0.601. The molecular weight excluding hydrogens is 362 g/mol. The zero-order chi connectivity index (χ0) is 13.3. The molecule has 0 saturated carbocycles. The lowest BCUT2D eigenvalue weighted by atomic mass is 10.2. The standard InChI is InChI=1S/C12H13N3O2S2.BrH/c16-19(17)7-10-11(8-19)18-12(14-10)15-13-6-9-4-2-1-3-5-9;/h1-6,10-11H,7-8H2,(H,14,15);1H/t10-,11+;/m0./s1. The van der Waals surface area contributed by atoms with Crippen LogP contribution in [0.4, 0.5) is 0 Å². The largest absolute Gasteiger partial charge is 0.256 e. The molecule has 0 spiro atoms. The Balaban J connectivity index is 0.00000147. The summed E-state index contributed by atoms with van der Waals surface area (Å²) >= 11 is 1.46. The zero-order valence-electron chi connectivity index (χ0n) is 10.5. The molecule has 8 heteroatoms. The molecule has 0 bridgehead atoms. The Kier molecular flexibility index (Phi) is 4.87. The molecule has 2 aliphatic heterocycles. The van der Waals surface area contributed by atoms with Gasteiger partial charge in [0.1, 0.15) is 0 Å². The van der Waals surface area contributed by atoms with E-state index in [1.165, 1.54) is 11.8 Å². The topological polar surface area (TPSA) is 70.9 Å². The van der Waals surface area contributed by atoms with Gasteiger partial charge in [-0.3, -0.25) is 10.4 Å². The van der Waals surface area contributed by atoms with Gasteiger partial charge in [-0.1, -0.05) is 42.1 Å². The third-order valence-corrected chi connectivity index (χ3v) is 6.12. The summed E-state index contributed by atoms with van der Waals surface area (Å²) in [5, 5.41) is 4.87. The maximum atomic E-state index is 11.4. The van der Waals surface area contributed by atoms with E-state index in [-0.39, 0.29) is 39.8 Å². The first-order valence-electron chi connectivity index (χ1n) is 5.91. The number of hydrogen-bond donors (Lipinski definition) is 1. The highest BCUT2D eigenvalue weighted by Crippen LogP contribution is 2.33. The van der Waals surface area contributed by atoms with E-state index in [1.807, 2.05) is 30.3 Å². The van der Waals surface area contributed by atoms with Crippen molar-refractivity contribution < 1.29 is 8.42 Å². The maximum Gasteiger partial charge on any atom is 0.177 e. The Morgan fingerprint density at radius 1 is 1.30 bits per heavy atom. The van der Waals surface area contributed by atoms with Crippen LogP contribution in [0.25, 0.3) is 0 Å². The van der Waals surface area contributed by atoms with E-state index in [9.17, 15) is 8.42 Å². The molecule has 5 nitrogen and oxygen atoms in total. The van der Waals surface area contributed by atoms with E-state index in [0.717, 1.165) is 5.56 Å². The summed E-state index contributed by atoms with van der Waals surface area (Å²) in [6.45, 7) is 0. The van der Waals surface area contributed by atoms with Gasteiger partial charge in [-0.05, 0) is 5.56 Å². The number of thioether (sulfide) groups is 1. The molecule has 1 aromatic rings. The summed E-state index contributed by atoms with van der Waals surface area (Å²) in [7, 11) is -2.89. The molecule has 1 saturated heterocycles. The van der Waals surface area contributed by atoms with Gasteiger partial charge in [-0.2, -0.15) is 5.10 Å². The van der Waals surface area contributed by atoms with Gasteiger partial charge >= 0.3 is 0 Å². The second kappa shape index (κ2) is 6.28. The minimum atomic E-state index is -2.89. The van der Waals surface area contributed by atoms with E-state index in [0.29, 0.717) is 5.17 Å². The molecule has 0 amide bonds. The van der Waals surface area contributed by atoms with Crippen LogP contribution in [0.15, 0.2) is 40.4 Å². The van der Waals surface area contributed by atoms with Gasteiger partial charge in [-0.25, -0.2) is 8.42 Å². The number of aliphatic imine (C=N–C) groups is 1.